The third-order valence-corrected chi connectivity index (χ3v) is 7.61. The van der Waals surface area contributed by atoms with Crippen LogP contribution in [0.1, 0.15) is 76.3 Å². The van der Waals surface area contributed by atoms with Gasteiger partial charge in [-0.15, -0.1) is 5.92 Å². The maximum Gasteiger partial charge on any atom is 0.270 e. The maximum absolute atomic E-state index is 13.1. The van der Waals surface area contributed by atoms with Crippen molar-refractivity contribution in [3.05, 3.63) is 41.0 Å². The number of hydrogen-bond donors (Lipinski definition) is 2. The van der Waals surface area contributed by atoms with Gasteiger partial charge in [-0.1, -0.05) is 61.9 Å². The van der Waals surface area contributed by atoms with Crippen LogP contribution in [0.4, 0.5) is 0 Å². The molecule has 0 saturated heterocycles. The summed E-state index contributed by atoms with van der Waals surface area (Å²) in [6, 6.07) is 7.51. The van der Waals surface area contributed by atoms with Crippen molar-refractivity contribution >= 4 is 27.4 Å². The second kappa shape index (κ2) is 9.91. The van der Waals surface area contributed by atoms with Crippen molar-refractivity contribution in [3.63, 3.8) is 0 Å². The molecule has 1 aliphatic carbocycles. The van der Waals surface area contributed by atoms with Gasteiger partial charge in [0.05, 0.1) is 5.25 Å². The van der Waals surface area contributed by atoms with Crippen LogP contribution in [0.2, 0.25) is 0 Å². The Hall–Kier alpha value is -2.59. The number of hydrogen-bond acceptors (Lipinski definition) is 4. The van der Waals surface area contributed by atoms with Crippen LogP contribution in [0.3, 0.4) is 0 Å². The standard InChI is InChI=1S/C25H32N2O4S/c1-4-5-6-7-8-9-16-25(3)17-21(19-12-10-18(2)11-13-19)22(23(28)26-25)24(29)27-32(30,31)20-14-15-20/h10-13,20H,4-8,14-15,17H2,1-3H3,(H,26,28)(H,27,29)/t25-/m1/s1. The second-order valence-corrected chi connectivity index (χ2v) is 10.9. The molecule has 0 spiro atoms. The van der Waals surface area contributed by atoms with Gasteiger partial charge >= 0.3 is 0 Å². The Morgan fingerprint density at radius 3 is 2.50 bits per heavy atom. The SMILES string of the molecule is CCCCCCC#C[C@]1(C)CC(c2ccc(C)cc2)=C(C(=O)NS(=O)(=O)C2CC2)C(=O)N1. The Bertz CT molecular complexity index is 1070. The highest BCUT2D eigenvalue weighted by Gasteiger charge is 2.41. The molecule has 1 aromatic rings. The van der Waals surface area contributed by atoms with Crippen molar-refractivity contribution in [2.75, 3.05) is 0 Å². The normalized spacial score (nSPS) is 20.9. The molecule has 2 N–H and O–H groups in total. The zero-order valence-corrected chi connectivity index (χ0v) is 19.9. The number of aryl methyl sites for hydroxylation is 1. The van der Waals surface area contributed by atoms with Crippen molar-refractivity contribution in [3.8, 4) is 11.8 Å². The third-order valence-electron chi connectivity index (χ3n) is 5.79. The topological polar surface area (TPSA) is 92.3 Å². The third kappa shape index (κ3) is 6.01. The molecule has 172 valence electrons. The van der Waals surface area contributed by atoms with Gasteiger partial charge in [-0.3, -0.25) is 9.59 Å². The first-order valence-electron chi connectivity index (χ1n) is 11.3. The molecule has 0 aromatic heterocycles. The highest BCUT2D eigenvalue weighted by Crippen LogP contribution is 2.34. The first-order chi connectivity index (χ1) is 15.1. The second-order valence-electron chi connectivity index (χ2n) is 8.97. The highest BCUT2D eigenvalue weighted by atomic mass is 32.2. The van der Waals surface area contributed by atoms with E-state index >= 15 is 0 Å². The molecule has 1 aliphatic heterocycles. The summed E-state index contributed by atoms with van der Waals surface area (Å²) >= 11 is 0. The van der Waals surface area contributed by atoms with E-state index in [4.69, 9.17) is 0 Å². The monoisotopic (exact) mass is 456 g/mol. The molecule has 1 aromatic carbocycles. The number of amides is 2. The van der Waals surface area contributed by atoms with Gasteiger partial charge in [0.1, 0.15) is 11.1 Å². The predicted molar refractivity (Wildman–Crippen MR) is 126 cm³/mol. The van der Waals surface area contributed by atoms with Crippen molar-refractivity contribution in [1.82, 2.24) is 10.0 Å². The van der Waals surface area contributed by atoms with Gasteiger partial charge in [-0.05, 0) is 44.2 Å². The number of rotatable bonds is 8. The first-order valence-corrected chi connectivity index (χ1v) is 12.9. The zero-order chi connectivity index (χ0) is 23.4. The molecule has 1 fully saturated rings. The van der Waals surface area contributed by atoms with E-state index in [2.05, 4.69) is 28.8 Å². The molecule has 32 heavy (non-hydrogen) atoms. The maximum atomic E-state index is 13.1. The van der Waals surface area contributed by atoms with Crippen LogP contribution < -0.4 is 10.0 Å². The summed E-state index contributed by atoms with van der Waals surface area (Å²) in [5.74, 6) is 4.89. The predicted octanol–water partition coefficient (Wildman–Crippen LogP) is 3.61. The first kappa shape index (κ1) is 24.1. The highest BCUT2D eigenvalue weighted by molar-refractivity contribution is 7.91. The summed E-state index contributed by atoms with van der Waals surface area (Å²) in [6.45, 7) is 5.95. The quantitative estimate of drug-likeness (QED) is 0.355. The Balaban J connectivity index is 1.91. The molecule has 7 heteroatoms. The molecule has 1 heterocycles. The molecule has 1 atom stereocenters. The van der Waals surface area contributed by atoms with E-state index in [-0.39, 0.29) is 5.57 Å². The van der Waals surface area contributed by atoms with Gasteiger partial charge in [-0.25, -0.2) is 13.1 Å². The lowest BCUT2D eigenvalue weighted by Gasteiger charge is -2.33. The van der Waals surface area contributed by atoms with Crippen LogP contribution in [-0.2, 0) is 19.6 Å². The van der Waals surface area contributed by atoms with Crippen LogP contribution in [0.15, 0.2) is 29.8 Å². The van der Waals surface area contributed by atoms with Gasteiger partial charge in [-0.2, -0.15) is 0 Å². The van der Waals surface area contributed by atoms with Crippen molar-refractivity contribution < 1.29 is 18.0 Å². The van der Waals surface area contributed by atoms with E-state index in [0.29, 0.717) is 24.8 Å². The van der Waals surface area contributed by atoms with E-state index < -0.39 is 32.6 Å². The average Bonchev–Trinajstić information content (AvgIpc) is 3.56. The number of nitrogens with one attached hydrogen (secondary N) is 2. The molecule has 6 nitrogen and oxygen atoms in total. The van der Waals surface area contributed by atoms with Crippen LogP contribution in [0, 0.1) is 18.8 Å². The number of benzene rings is 1. The molecule has 2 amide bonds. The van der Waals surface area contributed by atoms with Gasteiger partial charge in [0.15, 0.2) is 0 Å². The molecule has 0 bridgehead atoms. The summed E-state index contributed by atoms with van der Waals surface area (Å²) < 4.78 is 26.7. The van der Waals surface area contributed by atoms with Crippen molar-refractivity contribution in [2.45, 2.75) is 82.9 Å². The smallest absolute Gasteiger partial charge is 0.270 e. The fourth-order valence-electron chi connectivity index (χ4n) is 3.79. The Morgan fingerprint density at radius 1 is 1.19 bits per heavy atom. The minimum atomic E-state index is -3.77. The summed E-state index contributed by atoms with van der Waals surface area (Å²) in [5, 5.41) is 2.29. The minimum absolute atomic E-state index is 0.153. The van der Waals surface area contributed by atoms with E-state index in [9.17, 15) is 18.0 Å². The fourth-order valence-corrected chi connectivity index (χ4v) is 5.08. The van der Waals surface area contributed by atoms with E-state index in [1.54, 1.807) is 0 Å². The van der Waals surface area contributed by atoms with Crippen molar-refractivity contribution in [2.24, 2.45) is 0 Å². The Kier molecular flexibility index (Phi) is 7.45. The largest absolute Gasteiger partial charge is 0.335 e. The van der Waals surface area contributed by atoms with Crippen LogP contribution >= 0.6 is 0 Å². The number of sulfonamides is 1. The van der Waals surface area contributed by atoms with Crippen LogP contribution in [-0.4, -0.2) is 31.0 Å². The van der Waals surface area contributed by atoms with Gasteiger partial charge in [0.25, 0.3) is 11.8 Å². The van der Waals surface area contributed by atoms with Gasteiger partial charge in [0.2, 0.25) is 10.0 Å². The summed E-state index contributed by atoms with van der Waals surface area (Å²) in [5.41, 5.74) is 1.29. The van der Waals surface area contributed by atoms with E-state index in [1.165, 1.54) is 6.42 Å². The Labute approximate surface area is 191 Å². The van der Waals surface area contributed by atoms with E-state index in [0.717, 1.165) is 36.8 Å². The Morgan fingerprint density at radius 2 is 1.88 bits per heavy atom. The van der Waals surface area contributed by atoms with Crippen LogP contribution in [0.25, 0.3) is 5.57 Å². The number of carbonyl (C=O) groups is 2. The lowest BCUT2D eigenvalue weighted by molar-refractivity contribution is -0.123. The molecule has 1 saturated carbocycles. The summed E-state index contributed by atoms with van der Waals surface area (Å²) in [6.07, 6.45) is 6.61. The molecule has 0 radical (unpaired) electrons. The number of carbonyl (C=O) groups excluding carboxylic acids is 2. The molecule has 3 rings (SSSR count). The lowest BCUT2D eigenvalue weighted by atomic mass is 9.82. The minimum Gasteiger partial charge on any atom is -0.335 e. The number of unbranched alkanes of at least 4 members (excludes halogenated alkanes) is 4. The van der Waals surface area contributed by atoms with Crippen LogP contribution in [0.5, 0.6) is 0 Å². The molecule has 0 unspecified atom stereocenters. The zero-order valence-electron chi connectivity index (χ0n) is 19.1. The fraction of sp³-hybridized carbons (Fsp3) is 0.520. The van der Waals surface area contributed by atoms with Gasteiger partial charge < -0.3 is 5.32 Å². The molecule has 2 aliphatic rings. The van der Waals surface area contributed by atoms with Gasteiger partial charge in [0, 0.05) is 12.8 Å². The average molecular weight is 457 g/mol. The van der Waals surface area contributed by atoms with E-state index in [1.807, 2.05) is 38.1 Å². The summed E-state index contributed by atoms with van der Waals surface area (Å²) in [7, 11) is -3.77. The summed E-state index contributed by atoms with van der Waals surface area (Å²) in [4.78, 5) is 26.0. The molecular weight excluding hydrogens is 424 g/mol. The lowest BCUT2D eigenvalue weighted by Crippen LogP contribution is -2.52. The molecular formula is C25H32N2O4S. The van der Waals surface area contributed by atoms with Crippen molar-refractivity contribution in [1.29, 1.82) is 0 Å².